The molecule has 0 aromatic heterocycles. The maximum absolute atomic E-state index is 12.8. The highest BCUT2D eigenvalue weighted by atomic mass is 16.5. The summed E-state index contributed by atoms with van der Waals surface area (Å²) in [6, 6.07) is 21.4. The SMILES string of the molecule is CCCN(Cc1cccc(CN2C(=O)c3ccccc3C2=O)c1)C1COc2cccc(OC)c2C1. The van der Waals surface area contributed by atoms with Crippen molar-refractivity contribution in [3.8, 4) is 11.5 Å². The third-order valence-electron chi connectivity index (χ3n) is 6.80. The fourth-order valence-corrected chi connectivity index (χ4v) is 5.09. The Hall–Kier alpha value is -3.64. The smallest absolute Gasteiger partial charge is 0.261 e. The number of benzene rings is 3. The van der Waals surface area contributed by atoms with Gasteiger partial charge in [0.1, 0.15) is 18.1 Å². The molecule has 2 aliphatic rings. The van der Waals surface area contributed by atoms with Crippen LogP contribution in [0.2, 0.25) is 0 Å². The van der Waals surface area contributed by atoms with Gasteiger partial charge in [0.15, 0.2) is 0 Å². The monoisotopic (exact) mass is 470 g/mol. The third-order valence-corrected chi connectivity index (χ3v) is 6.80. The highest BCUT2D eigenvalue weighted by Crippen LogP contribution is 2.34. The normalized spacial score (nSPS) is 16.8. The average molecular weight is 471 g/mol. The first-order chi connectivity index (χ1) is 17.1. The van der Waals surface area contributed by atoms with Gasteiger partial charge in [-0.2, -0.15) is 0 Å². The van der Waals surface area contributed by atoms with E-state index >= 15 is 0 Å². The highest BCUT2D eigenvalue weighted by Gasteiger charge is 2.35. The topological polar surface area (TPSA) is 59.1 Å². The summed E-state index contributed by atoms with van der Waals surface area (Å²) >= 11 is 0. The number of hydrogen-bond acceptors (Lipinski definition) is 5. The van der Waals surface area contributed by atoms with Crippen LogP contribution >= 0.6 is 0 Å². The Kier molecular flexibility index (Phi) is 6.55. The molecule has 6 nitrogen and oxygen atoms in total. The van der Waals surface area contributed by atoms with E-state index in [1.54, 1.807) is 31.4 Å². The summed E-state index contributed by atoms with van der Waals surface area (Å²) in [5, 5.41) is 0. The number of imide groups is 1. The van der Waals surface area contributed by atoms with Crippen molar-refractivity contribution in [3.05, 3.63) is 94.5 Å². The number of carbonyl (C=O) groups is 2. The first-order valence-corrected chi connectivity index (χ1v) is 12.1. The first-order valence-electron chi connectivity index (χ1n) is 12.1. The van der Waals surface area contributed by atoms with Crippen LogP contribution in [0.15, 0.2) is 66.7 Å². The molecule has 0 bridgehead atoms. The van der Waals surface area contributed by atoms with Gasteiger partial charge in [-0.25, -0.2) is 0 Å². The number of amides is 2. The minimum Gasteiger partial charge on any atom is -0.496 e. The quantitative estimate of drug-likeness (QED) is 0.447. The van der Waals surface area contributed by atoms with E-state index in [4.69, 9.17) is 9.47 Å². The van der Waals surface area contributed by atoms with Crippen LogP contribution < -0.4 is 9.47 Å². The second kappa shape index (κ2) is 9.92. The van der Waals surface area contributed by atoms with Gasteiger partial charge in [0.25, 0.3) is 11.8 Å². The van der Waals surface area contributed by atoms with Crippen molar-refractivity contribution in [2.45, 2.75) is 38.9 Å². The molecule has 35 heavy (non-hydrogen) atoms. The molecule has 3 aromatic rings. The van der Waals surface area contributed by atoms with Crippen molar-refractivity contribution >= 4 is 11.8 Å². The molecule has 2 amide bonds. The molecule has 0 saturated heterocycles. The second-order valence-electron chi connectivity index (χ2n) is 9.14. The Morgan fingerprint density at radius 3 is 2.40 bits per heavy atom. The summed E-state index contributed by atoms with van der Waals surface area (Å²) < 4.78 is 11.7. The zero-order valence-electron chi connectivity index (χ0n) is 20.2. The van der Waals surface area contributed by atoms with Crippen LogP contribution in [0.25, 0.3) is 0 Å². The number of ether oxygens (including phenoxy) is 2. The predicted octanol–water partition coefficient (Wildman–Crippen LogP) is 4.71. The van der Waals surface area contributed by atoms with Crippen LogP contribution in [0.5, 0.6) is 11.5 Å². The van der Waals surface area contributed by atoms with Crippen molar-refractivity contribution in [1.29, 1.82) is 0 Å². The molecule has 0 radical (unpaired) electrons. The molecule has 3 aromatic carbocycles. The molecule has 5 rings (SSSR count). The molecule has 0 fully saturated rings. The van der Waals surface area contributed by atoms with Gasteiger partial charge in [0.05, 0.1) is 24.8 Å². The van der Waals surface area contributed by atoms with Crippen molar-refractivity contribution < 1.29 is 19.1 Å². The maximum atomic E-state index is 12.8. The number of rotatable bonds is 8. The van der Waals surface area contributed by atoms with Crippen LogP contribution in [0.3, 0.4) is 0 Å². The molecule has 180 valence electrons. The van der Waals surface area contributed by atoms with E-state index < -0.39 is 0 Å². The van der Waals surface area contributed by atoms with Gasteiger partial charge in [0, 0.05) is 18.2 Å². The van der Waals surface area contributed by atoms with Gasteiger partial charge in [-0.3, -0.25) is 19.4 Å². The molecule has 0 spiro atoms. The summed E-state index contributed by atoms with van der Waals surface area (Å²) in [5.74, 6) is 1.32. The highest BCUT2D eigenvalue weighted by molar-refractivity contribution is 6.21. The molecule has 0 saturated carbocycles. The van der Waals surface area contributed by atoms with Crippen LogP contribution in [0.4, 0.5) is 0 Å². The fourth-order valence-electron chi connectivity index (χ4n) is 5.09. The number of methoxy groups -OCH3 is 1. The first kappa shape index (κ1) is 23.1. The van der Waals surface area contributed by atoms with Crippen LogP contribution in [-0.4, -0.2) is 47.9 Å². The van der Waals surface area contributed by atoms with E-state index in [9.17, 15) is 9.59 Å². The largest absolute Gasteiger partial charge is 0.496 e. The summed E-state index contributed by atoms with van der Waals surface area (Å²) in [6.45, 7) is 4.80. The number of hydrogen-bond donors (Lipinski definition) is 0. The van der Waals surface area contributed by atoms with Crippen LogP contribution in [-0.2, 0) is 19.5 Å². The molecule has 2 aliphatic heterocycles. The Labute approximate surface area is 206 Å². The second-order valence-corrected chi connectivity index (χ2v) is 9.14. The minimum atomic E-state index is -0.226. The van der Waals surface area contributed by atoms with E-state index in [2.05, 4.69) is 24.0 Å². The average Bonchev–Trinajstić information content (AvgIpc) is 3.13. The number of nitrogens with zero attached hydrogens (tertiary/aromatic N) is 2. The molecule has 1 atom stereocenters. The molecule has 2 heterocycles. The van der Waals surface area contributed by atoms with Crippen LogP contribution in [0.1, 0.15) is 50.8 Å². The van der Waals surface area contributed by atoms with E-state index in [-0.39, 0.29) is 24.4 Å². The lowest BCUT2D eigenvalue weighted by Gasteiger charge is -2.35. The molecule has 6 heteroatoms. The standard InChI is InChI=1S/C29H30N2O4/c1-3-14-30(22-16-25-26(34-2)12-7-13-27(25)35-19-22)17-20-8-6-9-21(15-20)18-31-28(32)23-10-4-5-11-24(23)29(31)33/h4-13,15,22H,3,14,16-19H2,1-2H3. The zero-order chi connectivity index (χ0) is 24.4. The van der Waals surface area contributed by atoms with Gasteiger partial charge in [-0.05, 0) is 54.8 Å². The van der Waals surface area contributed by atoms with Crippen molar-refractivity contribution in [1.82, 2.24) is 9.80 Å². The minimum absolute atomic E-state index is 0.226. The Morgan fingerprint density at radius 1 is 0.971 bits per heavy atom. The van der Waals surface area contributed by atoms with E-state index in [0.717, 1.165) is 54.1 Å². The summed E-state index contributed by atoms with van der Waals surface area (Å²) in [7, 11) is 1.70. The van der Waals surface area contributed by atoms with Gasteiger partial charge < -0.3 is 9.47 Å². The molecule has 0 N–H and O–H groups in total. The van der Waals surface area contributed by atoms with Gasteiger partial charge in [0.2, 0.25) is 0 Å². The van der Waals surface area contributed by atoms with Gasteiger partial charge >= 0.3 is 0 Å². The summed E-state index contributed by atoms with van der Waals surface area (Å²) in [4.78, 5) is 29.4. The fraction of sp³-hybridized carbons (Fsp3) is 0.310. The van der Waals surface area contributed by atoms with Gasteiger partial charge in [-0.15, -0.1) is 0 Å². The Bertz CT molecular complexity index is 1210. The van der Waals surface area contributed by atoms with Crippen LogP contribution in [0, 0.1) is 0 Å². The summed E-state index contributed by atoms with van der Waals surface area (Å²) in [6.07, 6.45) is 1.90. The van der Waals surface area contributed by atoms with Crippen molar-refractivity contribution in [2.75, 3.05) is 20.3 Å². The van der Waals surface area contributed by atoms with E-state index in [1.165, 1.54) is 4.90 Å². The Balaban J connectivity index is 1.32. The number of carbonyl (C=O) groups excluding carboxylic acids is 2. The summed E-state index contributed by atoms with van der Waals surface area (Å²) in [5.41, 5.74) is 4.18. The molecule has 0 aliphatic carbocycles. The number of fused-ring (bicyclic) bond motifs is 2. The Morgan fingerprint density at radius 2 is 1.69 bits per heavy atom. The molecule has 1 unspecified atom stereocenters. The lowest BCUT2D eigenvalue weighted by atomic mass is 9.99. The van der Waals surface area contributed by atoms with Crippen molar-refractivity contribution in [3.63, 3.8) is 0 Å². The molecular weight excluding hydrogens is 440 g/mol. The lowest BCUT2D eigenvalue weighted by molar-refractivity contribution is 0.0642. The van der Waals surface area contributed by atoms with E-state index in [1.807, 2.05) is 30.3 Å². The molecular formula is C29H30N2O4. The third kappa shape index (κ3) is 4.54. The maximum Gasteiger partial charge on any atom is 0.261 e. The van der Waals surface area contributed by atoms with Gasteiger partial charge in [-0.1, -0.05) is 49.4 Å². The zero-order valence-corrected chi connectivity index (χ0v) is 20.2. The predicted molar refractivity (Wildman–Crippen MR) is 134 cm³/mol. The van der Waals surface area contributed by atoms with E-state index in [0.29, 0.717) is 17.7 Å². The lowest BCUT2D eigenvalue weighted by Crippen LogP contribution is -2.43. The van der Waals surface area contributed by atoms with Crippen molar-refractivity contribution in [2.24, 2.45) is 0 Å².